The van der Waals surface area contributed by atoms with Gasteiger partial charge in [-0.2, -0.15) is 0 Å². The second-order valence-corrected chi connectivity index (χ2v) is 7.50. The van der Waals surface area contributed by atoms with Gasteiger partial charge < -0.3 is 5.32 Å². The first-order valence-electron chi connectivity index (χ1n) is 7.18. The first kappa shape index (κ1) is 15.0. The maximum atomic E-state index is 12.4. The molecule has 0 radical (unpaired) electrons. The molecule has 2 rings (SSSR count). The van der Waals surface area contributed by atoms with Gasteiger partial charge in [-0.05, 0) is 43.5 Å². The minimum atomic E-state index is -3.21. The molecule has 110 valence electrons. The number of carbonyl (C=O) groups is 1. The Morgan fingerprint density at radius 3 is 2.35 bits per heavy atom. The van der Waals surface area contributed by atoms with Gasteiger partial charge in [0.1, 0.15) is 0 Å². The fraction of sp³-hybridized carbons (Fsp3) is 0.533. The van der Waals surface area contributed by atoms with E-state index in [1.807, 2.05) is 6.92 Å². The summed E-state index contributed by atoms with van der Waals surface area (Å²) >= 11 is 0. The van der Waals surface area contributed by atoms with Crippen LogP contribution < -0.4 is 5.32 Å². The minimum Gasteiger partial charge on any atom is -0.326 e. The molecule has 20 heavy (non-hydrogen) atoms. The highest BCUT2D eigenvalue weighted by Crippen LogP contribution is 2.30. The van der Waals surface area contributed by atoms with Gasteiger partial charge in [0.15, 0.2) is 9.84 Å². The molecule has 0 unspecified atom stereocenters. The monoisotopic (exact) mass is 295 g/mol. The van der Waals surface area contributed by atoms with E-state index in [1.165, 1.54) is 0 Å². The first-order valence-corrected chi connectivity index (χ1v) is 8.72. The van der Waals surface area contributed by atoms with Crippen molar-refractivity contribution in [3.63, 3.8) is 0 Å². The maximum Gasteiger partial charge on any atom is 0.224 e. The van der Waals surface area contributed by atoms with Crippen molar-refractivity contribution in [3.8, 4) is 0 Å². The number of anilines is 1. The van der Waals surface area contributed by atoms with Crippen LogP contribution in [0.1, 0.15) is 45.4 Å². The van der Waals surface area contributed by atoms with E-state index in [9.17, 15) is 13.2 Å². The van der Waals surface area contributed by atoms with E-state index in [1.54, 1.807) is 24.3 Å². The third-order valence-corrected chi connectivity index (χ3v) is 5.96. The molecule has 1 aliphatic rings. The molecule has 1 N–H and O–H groups in total. The number of hydrogen-bond donors (Lipinski definition) is 1. The van der Waals surface area contributed by atoms with Crippen molar-refractivity contribution in [1.82, 2.24) is 0 Å². The van der Waals surface area contributed by atoms with Gasteiger partial charge in [-0.3, -0.25) is 4.79 Å². The number of carbonyl (C=O) groups excluding carboxylic acids is 1. The number of hydrogen-bond acceptors (Lipinski definition) is 3. The lowest BCUT2D eigenvalue weighted by Crippen LogP contribution is -2.18. The predicted molar refractivity (Wildman–Crippen MR) is 79.4 cm³/mol. The summed E-state index contributed by atoms with van der Waals surface area (Å²) in [6.07, 6.45) is 4.78. The van der Waals surface area contributed by atoms with Crippen molar-refractivity contribution in [2.75, 3.05) is 5.32 Å². The largest absolute Gasteiger partial charge is 0.326 e. The van der Waals surface area contributed by atoms with Crippen LogP contribution in [0.3, 0.4) is 0 Å². The van der Waals surface area contributed by atoms with Gasteiger partial charge >= 0.3 is 0 Å². The van der Waals surface area contributed by atoms with Crippen molar-refractivity contribution in [2.45, 2.75) is 55.6 Å². The second-order valence-electron chi connectivity index (χ2n) is 5.27. The summed E-state index contributed by atoms with van der Waals surface area (Å²) in [7, 11) is -3.21. The molecule has 0 saturated heterocycles. The molecule has 1 aromatic rings. The molecule has 0 heterocycles. The summed E-state index contributed by atoms with van der Waals surface area (Å²) in [6, 6.07) is 6.51. The quantitative estimate of drug-likeness (QED) is 0.907. The standard InChI is InChI=1S/C15H21NO3S/c1-2-5-15(17)16-12-8-10-14(11-9-12)20(18,19)13-6-3-4-7-13/h8-11,13H,2-7H2,1H3,(H,16,17). The third kappa shape index (κ3) is 3.39. The Labute approximate surface area is 120 Å². The minimum absolute atomic E-state index is 0.0427. The number of rotatable bonds is 5. The van der Waals surface area contributed by atoms with Gasteiger partial charge in [-0.25, -0.2) is 8.42 Å². The molecule has 1 fully saturated rings. The predicted octanol–water partition coefficient (Wildman–Crippen LogP) is 3.14. The second kappa shape index (κ2) is 6.39. The normalized spacial score (nSPS) is 16.2. The Morgan fingerprint density at radius 1 is 1.20 bits per heavy atom. The zero-order valence-electron chi connectivity index (χ0n) is 11.8. The lowest BCUT2D eigenvalue weighted by atomic mass is 10.3. The first-order chi connectivity index (χ1) is 9.54. The van der Waals surface area contributed by atoms with E-state index < -0.39 is 9.84 Å². The van der Waals surface area contributed by atoms with E-state index in [4.69, 9.17) is 0 Å². The lowest BCUT2D eigenvalue weighted by molar-refractivity contribution is -0.116. The zero-order valence-corrected chi connectivity index (χ0v) is 12.6. The molecule has 0 bridgehead atoms. The Bertz CT molecular complexity index is 557. The van der Waals surface area contributed by atoms with Crippen LogP contribution in [0.4, 0.5) is 5.69 Å². The molecular weight excluding hydrogens is 274 g/mol. The Hall–Kier alpha value is -1.36. The van der Waals surface area contributed by atoms with Crippen molar-refractivity contribution < 1.29 is 13.2 Å². The fourth-order valence-corrected chi connectivity index (χ4v) is 4.42. The summed E-state index contributed by atoms with van der Waals surface area (Å²) in [5.41, 5.74) is 0.647. The zero-order chi connectivity index (χ0) is 14.6. The molecule has 1 amide bonds. The molecule has 0 atom stereocenters. The van der Waals surface area contributed by atoms with Gasteiger partial charge in [0.05, 0.1) is 10.1 Å². The molecule has 1 saturated carbocycles. The van der Waals surface area contributed by atoms with Crippen LogP contribution in [0.25, 0.3) is 0 Å². The van der Waals surface area contributed by atoms with E-state index in [2.05, 4.69) is 5.32 Å². The Kier molecular flexibility index (Phi) is 4.81. The summed E-state index contributed by atoms with van der Waals surface area (Å²) < 4.78 is 24.8. The van der Waals surface area contributed by atoms with Gasteiger partial charge in [0.2, 0.25) is 5.91 Å². The average Bonchev–Trinajstić information content (AvgIpc) is 2.94. The van der Waals surface area contributed by atoms with Crippen LogP contribution in [0, 0.1) is 0 Å². The smallest absolute Gasteiger partial charge is 0.224 e. The van der Waals surface area contributed by atoms with Crippen molar-refractivity contribution in [3.05, 3.63) is 24.3 Å². The van der Waals surface area contributed by atoms with Crippen LogP contribution >= 0.6 is 0 Å². The fourth-order valence-electron chi connectivity index (χ4n) is 2.57. The molecule has 0 spiro atoms. The highest BCUT2D eigenvalue weighted by Gasteiger charge is 2.30. The van der Waals surface area contributed by atoms with Gasteiger partial charge in [0.25, 0.3) is 0 Å². The van der Waals surface area contributed by atoms with Crippen molar-refractivity contribution in [2.24, 2.45) is 0 Å². The average molecular weight is 295 g/mol. The Morgan fingerprint density at radius 2 is 1.80 bits per heavy atom. The molecule has 1 aromatic carbocycles. The van der Waals surface area contributed by atoms with E-state index in [0.717, 1.165) is 32.1 Å². The number of sulfone groups is 1. The van der Waals surface area contributed by atoms with Crippen LogP contribution in [0.15, 0.2) is 29.2 Å². The summed E-state index contributed by atoms with van der Waals surface area (Å²) in [5, 5.41) is 2.52. The summed E-state index contributed by atoms with van der Waals surface area (Å²) in [4.78, 5) is 11.8. The molecule has 5 heteroatoms. The van der Waals surface area contributed by atoms with E-state index in [-0.39, 0.29) is 11.2 Å². The van der Waals surface area contributed by atoms with Crippen molar-refractivity contribution in [1.29, 1.82) is 0 Å². The molecule has 0 aromatic heterocycles. The highest BCUT2D eigenvalue weighted by atomic mass is 32.2. The van der Waals surface area contributed by atoms with Crippen LogP contribution in [-0.4, -0.2) is 19.6 Å². The van der Waals surface area contributed by atoms with Gasteiger partial charge in [-0.1, -0.05) is 19.8 Å². The summed E-state index contributed by atoms with van der Waals surface area (Å²) in [6.45, 7) is 1.94. The third-order valence-electron chi connectivity index (χ3n) is 3.68. The molecule has 4 nitrogen and oxygen atoms in total. The van der Waals surface area contributed by atoms with Gasteiger partial charge in [-0.15, -0.1) is 0 Å². The number of amides is 1. The number of nitrogens with one attached hydrogen (secondary N) is 1. The van der Waals surface area contributed by atoms with Crippen molar-refractivity contribution >= 4 is 21.4 Å². The Balaban J connectivity index is 2.09. The van der Waals surface area contributed by atoms with Crippen LogP contribution in [-0.2, 0) is 14.6 Å². The highest BCUT2D eigenvalue weighted by molar-refractivity contribution is 7.92. The molecular formula is C15H21NO3S. The summed E-state index contributed by atoms with van der Waals surface area (Å²) in [5.74, 6) is -0.0427. The number of benzene rings is 1. The SMILES string of the molecule is CCCC(=O)Nc1ccc(S(=O)(=O)C2CCCC2)cc1. The molecule has 1 aliphatic carbocycles. The maximum absolute atomic E-state index is 12.4. The van der Waals surface area contributed by atoms with Crippen LogP contribution in [0.2, 0.25) is 0 Å². The molecule has 0 aliphatic heterocycles. The van der Waals surface area contributed by atoms with E-state index >= 15 is 0 Å². The van der Waals surface area contributed by atoms with Gasteiger partial charge in [0, 0.05) is 12.1 Å². The lowest BCUT2D eigenvalue weighted by Gasteiger charge is -2.12. The topological polar surface area (TPSA) is 63.2 Å². The van der Waals surface area contributed by atoms with E-state index in [0.29, 0.717) is 17.0 Å². The van der Waals surface area contributed by atoms with Crippen LogP contribution in [0.5, 0.6) is 0 Å².